The number of hydrogen-bond donors (Lipinski definition) is 2. The molecular formula is C41H30Cl2F6N8O4S. The summed E-state index contributed by atoms with van der Waals surface area (Å²) in [5.74, 6) is -9.05. The lowest BCUT2D eigenvalue weighted by Gasteiger charge is -2.24. The molecule has 3 atom stereocenters. The Balaban J connectivity index is 1.26. The summed E-state index contributed by atoms with van der Waals surface area (Å²) in [6.45, 7) is -0.986. The molecule has 12 nitrogen and oxygen atoms in total. The normalized spacial score (nSPS) is 17.1. The summed E-state index contributed by atoms with van der Waals surface area (Å²) in [5, 5.41) is 11.2. The molecule has 0 aliphatic heterocycles. The van der Waals surface area contributed by atoms with Gasteiger partial charge in [-0.05, 0) is 65.9 Å². The zero-order valence-corrected chi connectivity index (χ0v) is 34.4. The van der Waals surface area contributed by atoms with E-state index in [-0.39, 0.29) is 61.7 Å². The Morgan fingerprint density at radius 1 is 0.984 bits per heavy atom. The first kappa shape index (κ1) is 41.4. The average Bonchev–Trinajstić information content (AvgIpc) is 3.73. The molecule has 2 N–H and O–H groups in total. The van der Waals surface area contributed by atoms with Crippen molar-refractivity contribution in [1.82, 2.24) is 34.4 Å². The molecule has 0 spiro atoms. The molecule has 7 aromatic rings. The van der Waals surface area contributed by atoms with E-state index in [0.29, 0.717) is 26.9 Å². The Morgan fingerprint density at radius 3 is 2.40 bits per heavy atom. The third-order valence-corrected chi connectivity index (χ3v) is 12.2. The first-order valence-electron chi connectivity index (χ1n) is 18.8. The predicted molar refractivity (Wildman–Crippen MR) is 218 cm³/mol. The highest BCUT2D eigenvalue weighted by Gasteiger charge is 2.67. The van der Waals surface area contributed by atoms with Crippen LogP contribution in [0, 0.1) is 17.6 Å². The maximum atomic E-state index is 15.5. The topological polar surface area (TPSA) is 146 Å². The number of sulfonamides is 1. The number of hydrogen-bond acceptors (Lipinski definition) is 7. The molecule has 320 valence electrons. The number of fused-ring (bicyclic) bond motifs is 5. The smallest absolute Gasteiger partial charge is 0.293 e. The minimum absolute atomic E-state index is 0.00628. The van der Waals surface area contributed by atoms with Crippen LogP contribution in [0.3, 0.4) is 0 Å². The lowest BCUT2D eigenvalue weighted by molar-refractivity contribution is -0.123. The van der Waals surface area contributed by atoms with Crippen LogP contribution in [0.15, 0.2) is 77.6 Å². The van der Waals surface area contributed by atoms with Crippen molar-refractivity contribution in [2.24, 2.45) is 13.0 Å². The van der Waals surface area contributed by atoms with Crippen LogP contribution in [0.1, 0.15) is 53.1 Å². The summed E-state index contributed by atoms with van der Waals surface area (Å²) in [6, 6.07) is 15.4. The SMILES string of the molecule is Cn1nc(NS(C)(=O)=O)c2c(Cl)ccc(-n3c([C@H](Cc4cc(F)cc(F)c4)NC(=O)Cn4nc(C(F)F)c5c4C(F)(F)C4C[C@@H]54)nc4cc(-c5ccccc5Cl)ccc4c3=O)c21. The van der Waals surface area contributed by atoms with Gasteiger partial charge in [0.25, 0.3) is 17.9 Å². The van der Waals surface area contributed by atoms with Crippen LogP contribution in [0.25, 0.3) is 38.6 Å². The fourth-order valence-electron chi connectivity index (χ4n) is 8.44. The number of carbonyl (C=O) groups excluding carboxylic acids is 1. The Bertz CT molecular complexity index is 3190. The van der Waals surface area contributed by atoms with Gasteiger partial charge in [0.15, 0.2) is 5.82 Å². The van der Waals surface area contributed by atoms with Crippen LogP contribution in [0.2, 0.25) is 10.0 Å². The number of nitrogens with zero attached hydrogens (tertiary/aromatic N) is 6. The number of amides is 1. The number of aryl methyl sites for hydroxylation is 1. The minimum atomic E-state index is -3.91. The number of halogens is 8. The van der Waals surface area contributed by atoms with Crippen molar-refractivity contribution in [3.8, 4) is 16.8 Å². The van der Waals surface area contributed by atoms with Gasteiger partial charge >= 0.3 is 0 Å². The van der Waals surface area contributed by atoms with E-state index in [2.05, 4.69) is 20.2 Å². The molecule has 2 aliphatic rings. The highest BCUT2D eigenvalue weighted by molar-refractivity contribution is 7.92. The van der Waals surface area contributed by atoms with E-state index in [1.807, 2.05) is 0 Å². The molecule has 1 saturated carbocycles. The second-order valence-corrected chi connectivity index (χ2v) is 17.8. The molecule has 62 heavy (non-hydrogen) atoms. The van der Waals surface area contributed by atoms with Crippen molar-refractivity contribution in [3.63, 3.8) is 0 Å². The molecule has 21 heteroatoms. The third kappa shape index (κ3) is 7.14. The minimum Gasteiger partial charge on any atom is -0.344 e. The summed E-state index contributed by atoms with van der Waals surface area (Å²) in [4.78, 5) is 34.0. The Morgan fingerprint density at radius 2 is 1.71 bits per heavy atom. The number of anilines is 1. The molecule has 0 radical (unpaired) electrons. The summed E-state index contributed by atoms with van der Waals surface area (Å²) >= 11 is 13.1. The molecule has 1 amide bonds. The molecule has 0 bridgehead atoms. The lowest BCUT2D eigenvalue weighted by atomic mass is 10.0. The van der Waals surface area contributed by atoms with Crippen molar-refractivity contribution in [3.05, 3.63) is 133 Å². The van der Waals surface area contributed by atoms with E-state index in [1.165, 1.54) is 29.9 Å². The van der Waals surface area contributed by atoms with E-state index in [0.717, 1.165) is 23.0 Å². The Kier molecular flexibility index (Phi) is 9.94. The number of aromatic nitrogens is 6. The van der Waals surface area contributed by atoms with Crippen molar-refractivity contribution in [2.75, 3.05) is 11.0 Å². The zero-order chi connectivity index (χ0) is 44.2. The second-order valence-electron chi connectivity index (χ2n) is 15.2. The summed E-state index contributed by atoms with van der Waals surface area (Å²) in [6.07, 6.45) is -2.78. The molecular weight excluding hydrogens is 885 g/mol. The second kappa shape index (κ2) is 14.9. The molecule has 1 unspecified atom stereocenters. The van der Waals surface area contributed by atoms with Gasteiger partial charge in [-0.1, -0.05) is 47.5 Å². The van der Waals surface area contributed by atoms with Gasteiger partial charge in [-0.2, -0.15) is 19.0 Å². The standard InChI is InChI=1S/C41H30Cl2F6N8O4S/c1-55-35-30(10-9-27(43)33(35)38(53-55)54-62(2,60)61)57-39(51-28-14-19(7-8-23(28)40(57)59)22-5-3-4-6-26(22)42)29(13-18-11-20(44)15-21(45)12-18)50-31(58)17-56-36-32(34(52-56)37(46)47)24-16-25(24)41(36,48)49/h3-12,14-15,24-25,29,37H,13,16-17H2,1-2H3,(H,50,58)(H,53,54)/t24-,25?,29+/m1/s1. The highest BCUT2D eigenvalue weighted by atomic mass is 35.5. The largest absolute Gasteiger partial charge is 0.344 e. The number of rotatable bonds is 11. The predicted octanol–water partition coefficient (Wildman–Crippen LogP) is 8.34. The van der Waals surface area contributed by atoms with Crippen molar-refractivity contribution in [1.29, 1.82) is 0 Å². The molecule has 2 aliphatic carbocycles. The van der Waals surface area contributed by atoms with Crippen LogP contribution in [-0.2, 0) is 40.8 Å². The van der Waals surface area contributed by atoms with E-state index in [9.17, 15) is 30.8 Å². The summed E-state index contributed by atoms with van der Waals surface area (Å²) < 4.78 is 119. The van der Waals surface area contributed by atoms with Gasteiger partial charge in [-0.15, -0.1) is 0 Å². The van der Waals surface area contributed by atoms with E-state index < -0.39 is 87.7 Å². The van der Waals surface area contributed by atoms with Crippen molar-refractivity contribution < 1.29 is 39.6 Å². The maximum absolute atomic E-state index is 15.5. The van der Waals surface area contributed by atoms with Crippen molar-refractivity contribution in [2.45, 2.75) is 43.7 Å². The number of nitrogens with one attached hydrogen (secondary N) is 2. The number of alkyl halides is 4. The average molecular weight is 916 g/mol. The zero-order valence-electron chi connectivity index (χ0n) is 32.1. The van der Waals surface area contributed by atoms with Gasteiger partial charge in [-0.25, -0.2) is 31.0 Å². The van der Waals surface area contributed by atoms with Gasteiger partial charge in [0, 0.05) is 41.6 Å². The maximum Gasteiger partial charge on any atom is 0.293 e. The van der Waals surface area contributed by atoms with Crippen LogP contribution < -0.4 is 15.6 Å². The molecule has 4 aromatic carbocycles. The third-order valence-electron chi connectivity index (χ3n) is 11.0. The monoisotopic (exact) mass is 914 g/mol. The van der Waals surface area contributed by atoms with Gasteiger partial charge in [0.2, 0.25) is 15.9 Å². The Hall–Kier alpha value is -5.92. The van der Waals surface area contributed by atoms with Gasteiger partial charge in [0.05, 0.1) is 44.8 Å². The fourth-order valence-corrected chi connectivity index (χ4v) is 9.42. The fraction of sp³-hybridized carbons (Fsp3) is 0.244. The van der Waals surface area contributed by atoms with Crippen LogP contribution in [-0.4, -0.2) is 49.7 Å². The molecule has 3 aromatic heterocycles. The van der Waals surface area contributed by atoms with Gasteiger partial charge < -0.3 is 5.32 Å². The molecule has 0 saturated heterocycles. The van der Waals surface area contributed by atoms with Crippen molar-refractivity contribution >= 4 is 66.8 Å². The van der Waals surface area contributed by atoms with E-state index >= 15 is 13.6 Å². The molecule has 1 fully saturated rings. The first-order chi connectivity index (χ1) is 29.3. The van der Waals surface area contributed by atoms with Crippen LogP contribution in [0.4, 0.5) is 32.2 Å². The van der Waals surface area contributed by atoms with Gasteiger partial charge in [0.1, 0.15) is 35.4 Å². The summed E-state index contributed by atoms with van der Waals surface area (Å²) in [5.41, 5.74) is -1.41. The first-order valence-corrected chi connectivity index (χ1v) is 21.4. The Labute approximate surface area is 357 Å². The van der Waals surface area contributed by atoms with E-state index in [4.69, 9.17) is 28.2 Å². The molecule has 9 rings (SSSR count). The van der Waals surface area contributed by atoms with Crippen LogP contribution >= 0.6 is 23.2 Å². The van der Waals surface area contributed by atoms with E-state index in [1.54, 1.807) is 36.4 Å². The quantitative estimate of drug-likeness (QED) is 0.124. The molecule has 3 heterocycles. The number of benzene rings is 4. The van der Waals surface area contributed by atoms with Crippen LogP contribution in [0.5, 0.6) is 0 Å². The number of carbonyl (C=O) groups is 1. The highest BCUT2D eigenvalue weighted by Crippen LogP contribution is 2.68. The summed E-state index contributed by atoms with van der Waals surface area (Å²) in [7, 11) is -2.46. The lowest BCUT2D eigenvalue weighted by Crippen LogP contribution is -2.38. The van der Waals surface area contributed by atoms with Gasteiger partial charge in [-0.3, -0.25) is 28.2 Å².